The number of halogens is 1. The zero-order valence-corrected chi connectivity index (χ0v) is 39.8. The molecule has 9 aromatic rings. The van der Waals surface area contributed by atoms with Gasteiger partial charge in [-0.3, -0.25) is 0 Å². The van der Waals surface area contributed by atoms with Crippen LogP contribution in [-0.2, 0) is 10.8 Å². The molecule has 0 spiro atoms. The molecule has 0 saturated heterocycles. The Balaban J connectivity index is 1.18. The lowest BCUT2D eigenvalue weighted by Crippen LogP contribution is -2.61. The van der Waals surface area contributed by atoms with Crippen LogP contribution in [0, 0.1) is 0 Å². The van der Waals surface area contributed by atoms with Crippen molar-refractivity contribution in [1.82, 2.24) is 0 Å². The monoisotopic (exact) mass is 885 g/mol. The smallest absolute Gasteiger partial charge is 0.252 e. The highest BCUT2D eigenvalue weighted by Crippen LogP contribution is 2.49. The Hall–Kier alpha value is -7.27. The van der Waals surface area contributed by atoms with E-state index < -0.39 is 0 Å². The van der Waals surface area contributed by atoms with Crippen LogP contribution in [0.2, 0.25) is 5.02 Å². The average Bonchev–Trinajstić information content (AvgIpc) is 3.34. The average molecular weight is 886 g/mol. The van der Waals surface area contributed by atoms with Gasteiger partial charge in [-0.05, 0) is 122 Å². The van der Waals surface area contributed by atoms with Crippen molar-refractivity contribution in [2.24, 2.45) is 0 Å². The van der Waals surface area contributed by atoms with E-state index in [2.05, 4.69) is 269 Å². The van der Waals surface area contributed by atoms with Gasteiger partial charge in [-0.15, -0.1) is 0 Å². The molecule has 0 fully saturated rings. The highest BCUT2D eigenvalue weighted by atomic mass is 35.5. The first-order valence-corrected chi connectivity index (χ1v) is 23.8. The van der Waals surface area contributed by atoms with Crippen LogP contribution >= 0.6 is 11.6 Å². The molecule has 0 bridgehead atoms. The lowest BCUT2D eigenvalue weighted by molar-refractivity contribution is 0.590. The van der Waals surface area contributed by atoms with E-state index in [-0.39, 0.29) is 17.5 Å². The number of rotatable bonds is 7. The van der Waals surface area contributed by atoms with Gasteiger partial charge in [-0.1, -0.05) is 193 Å². The van der Waals surface area contributed by atoms with Crippen molar-refractivity contribution < 1.29 is 0 Å². The quantitative estimate of drug-likeness (QED) is 0.148. The van der Waals surface area contributed by atoms with Crippen LogP contribution in [0.3, 0.4) is 0 Å². The third kappa shape index (κ3) is 7.50. The van der Waals surface area contributed by atoms with Crippen molar-refractivity contribution in [2.45, 2.75) is 52.4 Å². The molecule has 0 saturated carbocycles. The Morgan fingerprint density at radius 3 is 1.25 bits per heavy atom. The normalized spacial score (nSPS) is 12.9. The minimum atomic E-state index is -0.0756. The first-order chi connectivity index (χ1) is 32.4. The zero-order chi connectivity index (χ0) is 46.0. The summed E-state index contributed by atoms with van der Waals surface area (Å²) >= 11 is 7.03. The fourth-order valence-electron chi connectivity index (χ4n) is 10.3. The maximum Gasteiger partial charge on any atom is 0.252 e. The minimum absolute atomic E-state index is 0.0299. The summed E-state index contributed by atoms with van der Waals surface area (Å²) in [5, 5.41) is 0.705. The molecule has 2 aliphatic heterocycles. The van der Waals surface area contributed by atoms with Crippen LogP contribution in [0.5, 0.6) is 0 Å². The lowest BCUT2D eigenvalue weighted by Gasteiger charge is -2.45. The molecule has 2 aliphatic rings. The Morgan fingerprint density at radius 2 is 0.776 bits per heavy atom. The SMILES string of the molecule is CC(C)(C)c1ccc(N(c2ccc(C(C)(C)C)cc2)c2ccc3c(c2)N(c2ccccc2-c2ccccc2)c2cccc4c2B3c2ccc(Cl)cc2N4c2ccccc2-c2ccccc2)cc1. The number of anilines is 9. The summed E-state index contributed by atoms with van der Waals surface area (Å²) in [4.78, 5) is 7.40. The van der Waals surface area contributed by atoms with E-state index in [1.54, 1.807) is 0 Å². The molecule has 11 rings (SSSR count). The topological polar surface area (TPSA) is 9.72 Å². The molecule has 3 nitrogen and oxygen atoms in total. The van der Waals surface area contributed by atoms with Gasteiger partial charge in [0.2, 0.25) is 0 Å². The summed E-state index contributed by atoms with van der Waals surface area (Å²) in [5.74, 6) is 0. The maximum absolute atomic E-state index is 7.03. The Bertz CT molecular complexity index is 3220. The summed E-state index contributed by atoms with van der Waals surface area (Å²) < 4.78 is 0. The maximum atomic E-state index is 7.03. The molecule has 5 heteroatoms. The fraction of sp³-hybridized carbons (Fsp3) is 0.129. The molecular weight excluding hydrogens is 833 g/mol. The van der Waals surface area contributed by atoms with Crippen LogP contribution in [0.25, 0.3) is 22.3 Å². The first kappa shape index (κ1) is 42.4. The van der Waals surface area contributed by atoms with Gasteiger partial charge in [0.15, 0.2) is 0 Å². The van der Waals surface area contributed by atoms with Crippen molar-refractivity contribution in [1.29, 1.82) is 0 Å². The summed E-state index contributed by atoms with van der Waals surface area (Å²) in [6.45, 7) is 13.6. The van der Waals surface area contributed by atoms with Crippen LogP contribution in [0.1, 0.15) is 52.7 Å². The van der Waals surface area contributed by atoms with E-state index in [0.717, 1.165) is 67.9 Å². The molecule has 9 aromatic carbocycles. The van der Waals surface area contributed by atoms with E-state index >= 15 is 0 Å². The van der Waals surface area contributed by atoms with Crippen LogP contribution in [0.4, 0.5) is 51.2 Å². The van der Waals surface area contributed by atoms with Crippen molar-refractivity contribution in [3.63, 3.8) is 0 Å². The molecule has 0 aliphatic carbocycles. The largest absolute Gasteiger partial charge is 0.311 e. The predicted molar refractivity (Wildman–Crippen MR) is 288 cm³/mol. The fourth-order valence-corrected chi connectivity index (χ4v) is 10.4. The number of hydrogen-bond donors (Lipinski definition) is 0. The van der Waals surface area contributed by atoms with Gasteiger partial charge in [0, 0.05) is 56.0 Å². The molecule has 0 atom stereocenters. The molecule has 67 heavy (non-hydrogen) atoms. The van der Waals surface area contributed by atoms with E-state index in [4.69, 9.17) is 11.6 Å². The van der Waals surface area contributed by atoms with Crippen LogP contribution < -0.4 is 31.1 Å². The van der Waals surface area contributed by atoms with E-state index in [1.165, 1.54) is 33.1 Å². The second-order valence-corrected chi connectivity index (χ2v) is 20.4. The zero-order valence-electron chi connectivity index (χ0n) is 39.0. The summed E-state index contributed by atoms with van der Waals surface area (Å²) in [5.41, 5.74) is 21.0. The second kappa shape index (κ2) is 16.6. The third-order valence-electron chi connectivity index (χ3n) is 13.6. The lowest BCUT2D eigenvalue weighted by atomic mass is 9.33. The number of nitrogens with zero attached hydrogens (tertiary/aromatic N) is 3. The molecular formula is C62H53BClN3. The van der Waals surface area contributed by atoms with Gasteiger partial charge in [0.25, 0.3) is 6.71 Å². The third-order valence-corrected chi connectivity index (χ3v) is 13.9. The van der Waals surface area contributed by atoms with Crippen molar-refractivity contribution in [3.8, 4) is 22.3 Å². The van der Waals surface area contributed by atoms with Gasteiger partial charge >= 0.3 is 0 Å². The molecule has 0 N–H and O–H groups in total. The van der Waals surface area contributed by atoms with Crippen molar-refractivity contribution in [3.05, 3.63) is 228 Å². The molecule has 2 heterocycles. The van der Waals surface area contributed by atoms with Gasteiger partial charge in [0.05, 0.1) is 11.4 Å². The molecule has 0 radical (unpaired) electrons. The van der Waals surface area contributed by atoms with Gasteiger partial charge in [-0.2, -0.15) is 0 Å². The number of fused-ring (bicyclic) bond motifs is 4. The highest BCUT2D eigenvalue weighted by molar-refractivity contribution is 7.00. The van der Waals surface area contributed by atoms with Crippen LogP contribution in [-0.4, -0.2) is 6.71 Å². The highest BCUT2D eigenvalue weighted by Gasteiger charge is 2.44. The van der Waals surface area contributed by atoms with Crippen molar-refractivity contribution in [2.75, 3.05) is 14.7 Å². The van der Waals surface area contributed by atoms with Crippen molar-refractivity contribution >= 4 is 85.9 Å². The summed E-state index contributed by atoms with van der Waals surface area (Å²) in [7, 11) is 0. The van der Waals surface area contributed by atoms with E-state index in [9.17, 15) is 0 Å². The van der Waals surface area contributed by atoms with Gasteiger partial charge in [0.1, 0.15) is 0 Å². The van der Waals surface area contributed by atoms with Gasteiger partial charge < -0.3 is 14.7 Å². The van der Waals surface area contributed by atoms with E-state index in [1.807, 2.05) is 0 Å². The minimum Gasteiger partial charge on any atom is -0.311 e. The number of para-hydroxylation sites is 2. The van der Waals surface area contributed by atoms with E-state index in [0.29, 0.717) is 5.02 Å². The molecule has 0 aromatic heterocycles. The Kier molecular flexibility index (Phi) is 10.5. The standard InChI is InChI=1S/C62H53BClN3/c1-61(2,3)44-28-33-47(34-29-44)65(48-35-30-45(31-36-48)62(4,5)6)49-37-39-53-59(41-49)67(55-25-16-14-23-51(55)43-20-11-8-12-21-43)57-27-17-26-56-60(57)63(53)52-38-32-46(64)40-58(52)66(56)54-24-15-13-22-50(54)42-18-9-7-10-19-42/h7-41H,1-6H3. The van der Waals surface area contributed by atoms with Crippen LogP contribution in [0.15, 0.2) is 212 Å². The summed E-state index contributed by atoms with van der Waals surface area (Å²) in [6, 6.07) is 77.9. The first-order valence-electron chi connectivity index (χ1n) is 23.4. The second-order valence-electron chi connectivity index (χ2n) is 20.0. The Labute approximate surface area is 401 Å². The predicted octanol–water partition coefficient (Wildman–Crippen LogP) is 15.8. The number of hydrogen-bond acceptors (Lipinski definition) is 3. The molecule has 326 valence electrons. The van der Waals surface area contributed by atoms with Gasteiger partial charge in [-0.25, -0.2) is 0 Å². The molecule has 0 unspecified atom stereocenters. The number of benzene rings is 9. The summed E-state index contributed by atoms with van der Waals surface area (Å²) in [6.07, 6.45) is 0. The molecule has 0 amide bonds. The Morgan fingerprint density at radius 1 is 0.373 bits per heavy atom.